The number of nitrogens with two attached hydrogens (primary N) is 1. The molecule has 1 aromatic carbocycles. The Bertz CT molecular complexity index is 666. The molecule has 0 bridgehead atoms. The van der Waals surface area contributed by atoms with Gasteiger partial charge in [-0.15, -0.1) is 0 Å². The van der Waals surface area contributed by atoms with E-state index in [1.807, 2.05) is 26.8 Å². The second kappa shape index (κ2) is 5.32. The van der Waals surface area contributed by atoms with Crippen molar-refractivity contribution in [1.29, 1.82) is 0 Å². The minimum absolute atomic E-state index is 0.200. The van der Waals surface area contributed by atoms with Gasteiger partial charge in [0, 0.05) is 10.0 Å². The van der Waals surface area contributed by atoms with Crippen LogP contribution in [0.25, 0.3) is 0 Å². The summed E-state index contributed by atoms with van der Waals surface area (Å²) >= 11 is 3.38. The molecule has 0 saturated heterocycles. The number of aryl methyl sites for hydroxylation is 3. The standard InChI is InChI=1S/C15H17BrN2O2/c1-7-5-11(16)6-12(17)14(7)18-15(19)13-8(2)9(3)20-10(13)4/h5-6H,17H2,1-4H3,(H,18,19). The van der Waals surface area contributed by atoms with Crippen LogP contribution < -0.4 is 11.1 Å². The molecule has 2 aromatic rings. The van der Waals surface area contributed by atoms with Crippen molar-refractivity contribution in [3.63, 3.8) is 0 Å². The van der Waals surface area contributed by atoms with Crippen molar-refractivity contribution in [3.05, 3.63) is 44.8 Å². The molecule has 1 heterocycles. The van der Waals surface area contributed by atoms with Gasteiger partial charge in [0.25, 0.3) is 5.91 Å². The summed E-state index contributed by atoms with van der Waals surface area (Å²) in [4.78, 5) is 12.4. The van der Waals surface area contributed by atoms with Crippen LogP contribution in [0.5, 0.6) is 0 Å². The maximum absolute atomic E-state index is 12.4. The minimum atomic E-state index is -0.200. The van der Waals surface area contributed by atoms with Crippen LogP contribution in [0, 0.1) is 27.7 Å². The van der Waals surface area contributed by atoms with Crippen LogP contribution in [-0.4, -0.2) is 5.91 Å². The van der Waals surface area contributed by atoms with Gasteiger partial charge in [-0.25, -0.2) is 0 Å². The SMILES string of the molecule is Cc1cc(Br)cc(N)c1NC(=O)c1c(C)oc(C)c1C. The first-order valence-electron chi connectivity index (χ1n) is 6.24. The van der Waals surface area contributed by atoms with Crippen LogP contribution in [-0.2, 0) is 0 Å². The monoisotopic (exact) mass is 336 g/mol. The van der Waals surface area contributed by atoms with Crippen LogP contribution in [0.15, 0.2) is 21.0 Å². The molecule has 0 aliphatic carbocycles. The van der Waals surface area contributed by atoms with Crippen molar-refractivity contribution in [1.82, 2.24) is 0 Å². The second-order valence-corrected chi connectivity index (χ2v) is 5.77. The van der Waals surface area contributed by atoms with Gasteiger partial charge in [0.2, 0.25) is 0 Å². The molecule has 0 unspecified atom stereocenters. The molecular formula is C15H17BrN2O2. The quantitative estimate of drug-likeness (QED) is 0.811. The number of amides is 1. The van der Waals surface area contributed by atoms with Gasteiger partial charge in [0.05, 0.1) is 16.9 Å². The molecule has 0 aliphatic rings. The largest absolute Gasteiger partial charge is 0.466 e. The number of carbonyl (C=O) groups is 1. The average molecular weight is 337 g/mol. The fraction of sp³-hybridized carbons (Fsp3) is 0.267. The van der Waals surface area contributed by atoms with Gasteiger partial charge in [-0.1, -0.05) is 15.9 Å². The van der Waals surface area contributed by atoms with E-state index in [4.69, 9.17) is 10.2 Å². The van der Waals surface area contributed by atoms with Crippen molar-refractivity contribution < 1.29 is 9.21 Å². The molecule has 20 heavy (non-hydrogen) atoms. The maximum atomic E-state index is 12.4. The lowest BCUT2D eigenvalue weighted by Gasteiger charge is -2.12. The number of nitrogen functional groups attached to an aromatic ring is 1. The molecule has 0 atom stereocenters. The molecule has 0 spiro atoms. The molecule has 0 saturated carbocycles. The van der Waals surface area contributed by atoms with E-state index in [0.29, 0.717) is 22.7 Å². The predicted octanol–water partition coefficient (Wildman–Crippen LogP) is 4.11. The lowest BCUT2D eigenvalue weighted by molar-refractivity contribution is 0.102. The van der Waals surface area contributed by atoms with Crippen molar-refractivity contribution in [3.8, 4) is 0 Å². The Morgan fingerprint density at radius 1 is 1.20 bits per heavy atom. The highest BCUT2D eigenvalue weighted by atomic mass is 79.9. The Hall–Kier alpha value is -1.75. The lowest BCUT2D eigenvalue weighted by atomic mass is 10.1. The summed E-state index contributed by atoms with van der Waals surface area (Å²) in [5.74, 6) is 1.17. The lowest BCUT2D eigenvalue weighted by Crippen LogP contribution is -2.15. The molecule has 3 N–H and O–H groups in total. The zero-order valence-corrected chi connectivity index (χ0v) is 13.5. The van der Waals surface area contributed by atoms with Gasteiger partial charge < -0.3 is 15.5 Å². The van der Waals surface area contributed by atoms with Crippen LogP contribution in [0.1, 0.15) is 33.0 Å². The van der Waals surface area contributed by atoms with Crippen LogP contribution in [0.4, 0.5) is 11.4 Å². The number of benzene rings is 1. The molecule has 0 aliphatic heterocycles. The van der Waals surface area contributed by atoms with Gasteiger partial charge >= 0.3 is 0 Å². The summed E-state index contributed by atoms with van der Waals surface area (Å²) in [6, 6.07) is 3.68. The van der Waals surface area contributed by atoms with Gasteiger partial charge in [0.1, 0.15) is 11.5 Å². The number of hydrogen-bond donors (Lipinski definition) is 2. The molecule has 5 heteroatoms. The van der Waals surface area contributed by atoms with Crippen molar-refractivity contribution in [2.75, 3.05) is 11.1 Å². The Kier molecular flexibility index (Phi) is 3.90. The van der Waals surface area contributed by atoms with E-state index in [2.05, 4.69) is 21.2 Å². The maximum Gasteiger partial charge on any atom is 0.259 e. The first-order valence-corrected chi connectivity index (χ1v) is 7.04. The molecule has 0 radical (unpaired) electrons. The van der Waals surface area contributed by atoms with Crippen molar-refractivity contribution >= 4 is 33.2 Å². The molecule has 106 valence electrons. The highest BCUT2D eigenvalue weighted by Gasteiger charge is 2.20. The number of nitrogens with one attached hydrogen (secondary N) is 1. The van der Waals surface area contributed by atoms with Gasteiger partial charge in [-0.2, -0.15) is 0 Å². The first kappa shape index (κ1) is 14.7. The van der Waals surface area contributed by atoms with E-state index in [0.717, 1.165) is 21.4 Å². The third kappa shape index (κ3) is 2.58. The topological polar surface area (TPSA) is 68.3 Å². The van der Waals surface area contributed by atoms with E-state index in [-0.39, 0.29) is 5.91 Å². The normalized spacial score (nSPS) is 10.7. The Labute approximate surface area is 126 Å². The number of halogens is 1. The third-order valence-electron chi connectivity index (χ3n) is 3.36. The van der Waals surface area contributed by atoms with Crippen molar-refractivity contribution in [2.45, 2.75) is 27.7 Å². The van der Waals surface area contributed by atoms with E-state index < -0.39 is 0 Å². The van der Waals surface area contributed by atoms with E-state index in [1.165, 1.54) is 0 Å². The molecule has 0 fully saturated rings. The third-order valence-corrected chi connectivity index (χ3v) is 3.82. The first-order chi connectivity index (χ1) is 9.31. The van der Waals surface area contributed by atoms with E-state index >= 15 is 0 Å². The summed E-state index contributed by atoms with van der Waals surface area (Å²) in [6.45, 7) is 7.40. The zero-order valence-electron chi connectivity index (χ0n) is 11.9. The zero-order chi connectivity index (χ0) is 15.0. The molecule has 2 rings (SSSR count). The Morgan fingerprint density at radius 2 is 1.85 bits per heavy atom. The molecule has 1 amide bonds. The van der Waals surface area contributed by atoms with Crippen LogP contribution in [0.2, 0.25) is 0 Å². The smallest absolute Gasteiger partial charge is 0.259 e. The van der Waals surface area contributed by atoms with E-state index in [1.54, 1.807) is 13.0 Å². The summed E-state index contributed by atoms with van der Waals surface area (Å²) < 4.78 is 6.37. The van der Waals surface area contributed by atoms with E-state index in [9.17, 15) is 4.79 Å². The number of hydrogen-bond acceptors (Lipinski definition) is 3. The highest BCUT2D eigenvalue weighted by molar-refractivity contribution is 9.10. The highest BCUT2D eigenvalue weighted by Crippen LogP contribution is 2.29. The van der Waals surface area contributed by atoms with Crippen LogP contribution in [0.3, 0.4) is 0 Å². The number of carbonyl (C=O) groups excluding carboxylic acids is 1. The fourth-order valence-electron chi connectivity index (χ4n) is 2.24. The fourth-order valence-corrected chi connectivity index (χ4v) is 2.83. The van der Waals surface area contributed by atoms with Gasteiger partial charge in [0.15, 0.2) is 0 Å². The van der Waals surface area contributed by atoms with Crippen LogP contribution >= 0.6 is 15.9 Å². The Balaban J connectivity index is 2.38. The summed E-state index contributed by atoms with van der Waals surface area (Å²) in [5.41, 5.74) is 9.46. The minimum Gasteiger partial charge on any atom is -0.466 e. The summed E-state index contributed by atoms with van der Waals surface area (Å²) in [6.07, 6.45) is 0. The molecule has 4 nitrogen and oxygen atoms in total. The summed E-state index contributed by atoms with van der Waals surface area (Å²) in [5, 5.41) is 2.87. The molecule has 1 aromatic heterocycles. The van der Waals surface area contributed by atoms with Crippen molar-refractivity contribution in [2.24, 2.45) is 0 Å². The number of furan rings is 1. The predicted molar refractivity (Wildman–Crippen MR) is 84.2 cm³/mol. The number of anilines is 2. The average Bonchev–Trinajstić information content (AvgIpc) is 2.58. The molecular weight excluding hydrogens is 320 g/mol. The van der Waals surface area contributed by atoms with Gasteiger partial charge in [-0.05, 0) is 45.4 Å². The number of rotatable bonds is 2. The second-order valence-electron chi connectivity index (χ2n) is 4.86. The summed E-state index contributed by atoms with van der Waals surface area (Å²) in [7, 11) is 0. The Morgan fingerprint density at radius 3 is 2.35 bits per heavy atom. The van der Waals surface area contributed by atoms with Gasteiger partial charge in [-0.3, -0.25) is 4.79 Å².